The van der Waals surface area contributed by atoms with Crippen molar-refractivity contribution in [2.75, 3.05) is 13.2 Å². The average molecular weight is 277 g/mol. The van der Waals surface area contributed by atoms with Crippen LogP contribution >= 0.6 is 11.6 Å². The summed E-state index contributed by atoms with van der Waals surface area (Å²) in [6.07, 6.45) is 0.754. The normalized spacial score (nSPS) is 10.2. The van der Waals surface area contributed by atoms with Gasteiger partial charge in [0.1, 0.15) is 18.6 Å². The molecule has 2 aromatic carbocycles. The van der Waals surface area contributed by atoms with E-state index in [0.717, 1.165) is 17.4 Å². The average Bonchev–Trinajstić information content (AvgIpc) is 2.45. The number of aliphatic hydroxyl groups is 1. The van der Waals surface area contributed by atoms with Gasteiger partial charge in [0.25, 0.3) is 0 Å². The van der Waals surface area contributed by atoms with Crippen LogP contribution in [-0.4, -0.2) is 24.6 Å². The molecule has 0 aromatic heterocycles. The Hall–Kier alpha value is -1.84. The first-order valence-electron chi connectivity index (χ1n) is 5.84. The van der Waals surface area contributed by atoms with Crippen LogP contribution < -0.4 is 4.74 Å². The maximum absolute atomic E-state index is 10.7. The fraction of sp³-hybridized carbons (Fsp3) is 0.133. The molecule has 0 bridgehead atoms. The van der Waals surface area contributed by atoms with Gasteiger partial charge in [-0.15, -0.1) is 0 Å². The molecule has 2 rings (SSSR count). The van der Waals surface area contributed by atoms with Crippen LogP contribution in [0.2, 0.25) is 5.02 Å². The minimum Gasteiger partial charge on any atom is -0.491 e. The van der Waals surface area contributed by atoms with Crippen molar-refractivity contribution in [3.8, 4) is 16.9 Å². The van der Waals surface area contributed by atoms with Gasteiger partial charge in [-0.05, 0) is 12.1 Å². The molecule has 0 aliphatic rings. The number of halogens is 1. The van der Waals surface area contributed by atoms with Crippen LogP contribution in [-0.2, 0) is 0 Å². The Balaban J connectivity index is 2.43. The number of para-hydroxylation sites is 1. The summed E-state index contributed by atoms with van der Waals surface area (Å²) in [5.74, 6) is 0.650. The molecule has 1 N–H and O–H groups in total. The molecule has 3 nitrogen and oxygen atoms in total. The number of hydrogen-bond donors (Lipinski definition) is 1. The molecule has 4 heteroatoms. The van der Waals surface area contributed by atoms with Crippen LogP contribution in [0.3, 0.4) is 0 Å². The third-order valence-corrected chi connectivity index (χ3v) is 2.97. The van der Waals surface area contributed by atoms with Gasteiger partial charge in [-0.25, -0.2) is 0 Å². The van der Waals surface area contributed by atoms with Gasteiger partial charge in [-0.2, -0.15) is 0 Å². The third kappa shape index (κ3) is 3.13. The van der Waals surface area contributed by atoms with Crippen LogP contribution in [0, 0.1) is 0 Å². The lowest BCUT2D eigenvalue weighted by atomic mass is 10.0. The number of carbonyl (C=O) groups excluding carboxylic acids is 1. The van der Waals surface area contributed by atoms with Crippen molar-refractivity contribution in [1.82, 2.24) is 0 Å². The fourth-order valence-corrected chi connectivity index (χ4v) is 2.08. The Morgan fingerprint density at radius 1 is 1.16 bits per heavy atom. The van der Waals surface area contributed by atoms with Gasteiger partial charge < -0.3 is 9.84 Å². The zero-order chi connectivity index (χ0) is 13.7. The highest BCUT2D eigenvalue weighted by Crippen LogP contribution is 2.35. The van der Waals surface area contributed by atoms with Gasteiger partial charge in [0.2, 0.25) is 0 Å². The van der Waals surface area contributed by atoms with E-state index in [-0.39, 0.29) is 13.2 Å². The molecule has 19 heavy (non-hydrogen) atoms. The molecule has 0 fully saturated rings. The van der Waals surface area contributed by atoms with Crippen molar-refractivity contribution < 1.29 is 14.6 Å². The highest BCUT2D eigenvalue weighted by atomic mass is 35.5. The summed E-state index contributed by atoms with van der Waals surface area (Å²) in [4.78, 5) is 10.7. The van der Waals surface area contributed by atoms with Crippen molar-refractivity contribution >= 4 is 17.9 Å². The summed E-state index contributed by atoms with van der Waals surface area (Å²) in [7, 11) is 0. The molecule has 0 unspecified atom stereocenters. The summed E-state index contributed by atoms with van der Waals surface area (Å²) in [6.45, 7) is 0.174. The van der Waals surface area contributed by atoms with Crippen LogP contribution in [0.4, 0.5) is 0 Å². The van der Waals surface area contributed by atoms with Crippen molar-refractivity contribution in [3.05, 3.63) is 53.1 Å². The molecular weight excluding hydrogens is 264 g/mol. The highest BCUT2D eigenvalue weighted by molar-refractivity contribution is 6.33. The highest BCUT2D eigenvalue weighted by Gasteiger charge is 2.09. The number of benzene rings is 2. The molecular formula is C15H13ClO3. The minimum absolute atomic E-state index is 0.0495. The predicted molar refractivity (Wildman–Crippen MR) is 74.9 cm³/mol. The van der Waals surface area contributed by atoms with E-state index in [2.05, 4.69) is 0 Å². The van der Waals surface area contributed by atoms with Gasteiger partial charge in [0, 0.05) is 21.7 Å². The van der Waals surface area contributed by atoms with Crippen molar-refractivity contribution in [1.29, 1.82) is 0 Å². The lowest BCUT2D eigenvalue weighted by molar-refractivity contribution is 0.112. The van der Waals surface area contributed by atoms with Gasteiger partial charge in [0.15, 0.2) is 0 Å². The van der Waals surface area contributed by atoms with E-state index in [0.29, 0.717) is 16.3 Å². The van der Waals surface area contributed by atoms with E-state index in [4.69, 9.17) is 21.4 Å². The first-order chi connectivity index (χ1) is 9.26. The quantitative estimate of drug-likeness (QED) is 0.853. The lowest BCUT2D eigenvalue weighted by Gasteiger charge is -2.12. The van der Waals surface area contributed by atoms with E-state index >= 15 is 0 Å². The Kier molecular flexibility index (Phi) is 4.55. The van der Waals surface area contributed by atoms with Crippen LogP contribution in [0.5, 0.6) is 5.75 Å². The van der Waals surface area contributed by atoms with Gasteiger partial charge in [0.05, 0.1) is 6.61 Å². The van der Waals surface area contributed by atoms with Crippen molar-refractivity contribution in [3.63, 3.8) is 0 Å². The van der Waals surface area contributed by atoms with E-state index in [9.17, 15) is 4.79 Å². The first-order valence-corrected chi connectivity index (χ1v) is 6.22. The monoisotopic (exact) mass is 276 g/mol. The molecule has 0 heterocycles. The smallest absolute Gasteiger partial charge is 0.150 e. The molecule has 0 spiro atoms. The maximum atomic E-state index is 10.7. The number of hydrogen-bond acceptors (Lipinski definition) is 3. The standard InChI is InChI=1S/C15H13ClO3/c16-14-9-11(10-18)5-6-12(14)13-3-1-2-4-15(13)19-8-7-17/h1-6,9-10,17H,7-8H2. The molecule has 0 saturated carbocycles. The van der Waals surface area contributed by atoms with Crippen LogP contribution in [0.15, 0.2) is 42.5 Å². The molecule has 0 saturated heterocycles. The molecule has 0 amide bonds. The van der Waals surface area contributed by atoms with Crippen molar-refractivity contribution in [2.24, 2.45) is 0 Å². The summed E-state index contributed by atoms with van der Waals surface area (Å²) in [6, 6.07) is 12.5. The van der Waals surface area contributed by atoms with Crippen molar-refractivity contribution in [2.45, 2.75) is 0 Å². The Morgan fingerprint density at radius 2 is 1.95 bits per heavy atom. The van der Waals surface area contributed by atoms with E-state index < -0.39 is 0 Å². The van der Waals surface area contributed by atoms with Gasteiger partial charge >= 0.3 is 0 Å². The second kappa shape index (κ2) is 6.36. The number of ether oxygens (including phenoxy) is 1. The Labute approximate surface area is 116 Å². The second-order valence-electron chi connectivity index (χ2n) is 3.93. The van der Waals surface area contributed by atoms with Gasteiger partial charge in [-0.3, -0.25) is 4.79 Å². The van der Waals surface area contributed by atoms with Crippen LogP contribution in [0.25, 0.3) is 11.1 Å². The second-order valence-corrected chi connectivity index (χ2v) is 4.33. The van der Waals surface area contributed by atoms with E-state index in [1.165, 1.54) is 0 Å². The Bertz CT molecular complexity index is 581. The van der Waals surface area contributed by atoms with E-state index in [1.54, 1.807) is 18.2 Å². The number of aldehydes is 1. The minimum atomic E-state index is -0.0495. The molecule has 0 aliphatic carbocycles. The molecule has 0 atom stereocenters. The number of aliphatic hydroxyl groups excluding tert-OH is 1. The zero-order valence-electron chi connectivity index (χ0n) is 10.2. The summed E-state index contributed by atoms with van der Waals surface area (Å²) in [5.41, 5.74) is 2.15. The predicted octanol–water partition coefficient (Wildman–Crippen LogP) is 3.19. The number of carbonyl (C=O) groups is 1. The lowest BCUT2D eigenvalue weighted by Crippen LogP contribution is -2.02. The molecule has 2 aromatic rings. The largest absolute Gasteiger partial charge is 0.491 e. The Morgan fingerprint density at radius 3 is 2.63 bits per heavy atom. The first kappa shape index (κ1) is 13.6. The van der Waals surface area contributed by atoms with E-state index in [1.807, 2.05) is 24.3 Å². The topological polar surface area (TPSA) is 46.5 Å². The third-order valence-electron chi connectivity index (χ3n) is 2.66. The van der Waals surface area contributed by atoms with Gasteiger partial charge in [-0.1, -0.05) is 41.9 Å². The number of rotatable bonds is 5. The molecule has 0 aliphatic heterocycles. The van der Waals surface area contributed by atoms with Crippen LogP contribution in [0.1, 0.15) is 10.4 Å². The SMILES string of the molecule is O=Cc1ccc(-c2ccccc2OCCO)c(Cl)c1. The summed E-state index contributed by atoms with van der Waals surface area (Å²) in [5, 5.41) is 9.31. The summed E-state index contributed by atoms with van der Waals surface area (Å²) >= 11 is 6.18. The molecule has 98 valence electrons. The molecule has 0 radical (unpaired) electrons. The summed E-state index contributed by atoms with van der Waals surface area (Å²) < 4.78 is 5.47. The zero-order valence-corrected chi connectivity index (χ0v) is 10.9. The maximum Gasteiger partial charge on any atom is 0.150 e. The fourth-order valence-electron chi connectivity index (χ4n) is 1.79.